The maximum Gasteiger partial charge on any atom is 0.0374 e. The average Bonchev–Trinajstić information content (AvgIpc) is 4.05. The van der Waals surface area contributed by atoms with E-state index in [2.05, 4.69) is 207 Å². The average molecular weight is 867 g/mol. The van der Waals surface area contributed by atoms with Crippen LogP contribution in [0.2, 0.25) is 0 Å². The van der Waals surface area contributed by atoms with Gasteiger partial charge in [0.25, 0.3) is 0 Å². The monoisotopic (exact) mass is 866 g/mol. The van der Waals surface area contributed by atoms with Crippen LogP contribution in [0, 0.1) is 0 Å². The van der Waals surface area contributed by atoms with Crippen LogP contribution >= 0.6 is 22.7 Å². The van der Waals surface area contributed by atoms with Gasteiger partial charge < -0.3 is 0 Å². The van der Waals surface area contributed by atoms with Gasteiger partial charge in [-0.2, -0.15) is 0 Å². The predicted octanol–water partition coefficient (Wildman–Crippen LogP) is 19.4. The summed E-state index contributed by atoms with van der Waals surface area (Å²) in [5.74, 6) is 0. The van der Waals surface area contributed by atoms with E-state index in [9.17, 15) is 0 Å². The summed E-state index contributed by atoms with van der Waals surface area (Å²) in [5, 5.41) is 4.55. The maximum atomic E-state index is 2.39. The molecule has 0 saturated carbocycles. The summed E-state index contributed by atoms with van der Waals surface area (Å²) in [5.41, 5.74) is 20.3. The zero-order valence-corrected chi connectivity index (χ0v) is 39.0. The smallest absolute Gasteiger partial charge is 0.0374 e. The lowest BCUT2D eigenvalue weighted by Crippen LogP contribution is -2.02. The van der Waals surface area contributed by atoms with Crippen LogP contribution < -0.4 is 0 Å². The third-order valence-electron chi connectivity index (χ3n) is 12.7. The second-order valence-corrected chi connectivity index (χ2v) is 18.9. The highest BCUT2D eigenvalue weighted by atomic mass is 32.1. The van der Waals surface area contributed by atoms with Crippen LogP contribution in [0.4, 0.5) is 0 Å². The van der Waals surface area contributed by atoms with E-state index >= 15 is 0 Å². The number of thiophene rings is 2. The summed E-state index contributed by atoms with van der Waals surface area (Å²) in [6, 6.07) is 68.3. The Bertz CT molecular complexity index is 2540. The van der Waals surface area contributed by atoms with Crippen LogP contribution in [0.25, 0.3) is 87.6 Å². The van der Waals surface area contributed by atoms with Crippen molar-refractivity contribution in [1.29, 1.82) is 0 Å². The summed E-state index contributed by atoms with van der Waals surface area (Å²) in [6.45, 7) is 4.58. The highest BCUT2D eigenvalue weighted by Gasteiger charge is 2.29. The van der Waals surface area contributed by atoms with Gasteiger partial charge >= 0.3 is 0 Å². The van der Waals surface area contributed by atoms with Gasteiger partial charge in [0.15, 0.2) is 0 Å². The number of unbranched alkanes of at least 4 members (excludes halogenated alkanes) is 6. The molecule has 0 aliphatic rings. The molecule has 0 nitrogen and oxygen atoms in total. The molecule has 0 radical (unpaired) electrons. The number of rotatable bonds is 18. The molecule has 7 aromatic carbocycles. The fourth-order valence-corrected chi connectivity index (χ4v) is 11.5. The van der Waals surface area contributed by atoms with Crippen LogP contribution in [0.5, 0.6) is 0 Å². The summed E-state index contributed by atoms with van der Waals surface area (Å²) >= 11 is 3.75. The van der Waals surface area contributed by atoms with Gasteiger partial charge in [0, 0.05) is 9.75 Å². The standard InChI is InChI=1S/C62H58S2/c1-3-5-7-13-31-51-41-43-63-61(51)53-37-33-49(34-38-53)59-55(45-23-15-9-16-24-45)57(47-27-19-11-20-28-47)60(58(48-29-21-12-22-30-48)56(59)46-25-17-10-18-26-46)50-35-39-54(40-36-50)62-52(42-44-64-62)32-14-8-6-4-2/h9-12,15-30,33-44H,3-8,13-14,31-32H2,1-2H3. The first-order chi connectivity index (χ1) is 31.7. The van der Waals surface area contributed by atoms with Gasteiger partial charge in [-0.05, 0) is 138 Å². The first kappa shape index (κ1) is 43.2. The van der Waals surface area contributed by atoms with Crippen molar-refractivity contribution in [3.63, 3.8) is 0 Å². The van der Waals surface area contributed by atoms with E-state index < -0.39 is 0 Å². The van der Waals surface area contributed by atoms with Crippen LogP contribution in [0.15, 0.2) is 193 Å². The number of benzene rings is 7. The van der Waals surface area contributed by atoms with E-state index in [4.69, 9.17) is 0 Å². The largest absolute Gasteiger partial charge is 0.144 e. The molecule has 9 aromatic rings. The minimum absolute atomic E-state index is 1.13. The fourth-order valence-electron chi connectivity index (χ4n) is 9.53. The molecule has 0 N–H and O–H groups in total. The Morgan fingerprint density at radius 2 is 0.531 bits per heavy atom. The molecule has 2 heterocycles. The molecule has 0 fully saturated rings. The van der Waals surface area contributed by atoms with Crippen molar-refractivity contribution in [3.8, 4) is 87.6 Å². The highest BCUT2D eigenvalue weighted by Crippen LogP contribution is 2.56. The maximum absolute atomic E-state index is 2.39. The molecule has 0 unspecified atom stereocenters. The van der Waals surface area contributed by atoms with Gasteiger partial charge in [0.05, 0.1) is 0 Å². The van der Waals surface area contributed by atoms with E-state index in [-0.39, 0.29) is 0 Å². The lowest BCUT2D eigenvalue weighted by molar-refractivity contribution is 0.668. The van der Waals surface area contributed by atoms with Crippen molar-refractivity contribution < 1.29 is 0 Å². The first-order valence-electron chi connectivity index (χ1n) is 23.5. The topological polar surface area (TPSA) is 0 Å². The second-order valence-electron chi connectivity index (χ2n) is 17.0. The Kier molecular flexibility index (Phi) is 14.2. The van der Waals surface area contributed by atoms with Gasteiger partial charge in [-0.15, -0.1) is 22.7 Å². The molecule has 0 saturated heterocycles. The number of hydrogen-bond donors (Lipinski definition) is 0. The molecule has 9 rings (SSSR count). The van der Waals surface area contributed by atoms with E-state index in [0.717, 1.165) is 12.8 Å². The molecule has 0 aliphatic heterocycles. The fraction of sp³-hybridized carbons (Fsp3) is 0.194. The van der Waals surface area contributed by atoms with E-state index in [1.165, 1.54) is 150 Å². The first-order valence-corrected chi connectivity index (χ1v) is 25.3. The molecule has 0 spiro atoms. The Balaban J connectivity index is 1.32. The van der Waals surface area contributed by atoms with Crippen molar-refractivity contribution in [1.82, 2.24) is 0 Å². The molecule has 0 atom stereocenters. The lowest BCUT2D eigenvalue weighted by atomic mass is 9.74. The Morgan fingerprint density at radius 1 is 0.266 bits per heavy atom. The zero-order valence-electron chi connectivity index (χ0n) is 37.4. The van der Waals surface area contributed by atoms with Crippen LogP contribution in [-0.4, -0.2) is 0 Å². The van der Waals surface area contributed by atoms with Gasteiger partial charge in [-0.3, -0.25) is 0 Å². The molecule has 0 amide bonds. The third-order valence-corrected chi connectivity index (χ3v) is 14.7. The summed E-state index contributed by atoms with van der Waals surface area (Å²) in [6.07, 6.45) is 12.4. The molecule has 2 heteroatoms. The third kappa shape index (κ3) is 9.41. The second kappa shape index (κ2) is 21.1. The quantitative estimate of drug-likeness (QED) is 0.0754. The van der Waals surface area contributed by atoms with Crippen molar-refractivity contribution in [2.24, 2.45) is 0 Å². The minimum atomic E-state index is 1.13. The molecule has 318 valence electrons. The van der Waals surface area contributed by atoms with Crippen LogP contribution in [0.3, 0.4) is 0 Å². The Labute approximate surface area is 390 Å². The lowest BCUT2D eigenvalue weighted by Gasteiger charge is -2.29. The normalized spacial score (nSPS) is 11.3. The molecule has 0 bridgehead atoms. The van der Waals surface area contributed by atoms with Gasteiger partial charge in [-0.1, -0.05) is 222 Å². The van der Waals surface area contributed by atoms with Crippen molar-refractivity contribution in [3.05, 3.63) is 204 Å². The predicted molar refractivity (Wildman–Crippen MR) is 281 cm³/mol. The van der Waals surface area contributed by atoms with Crippen LogP contribution in [0.1, 0.15) is 76.3 Å². The molecule has 0 aliphatic carbocycles. The van der Waals surface area contributed by atoms with E-state index in [1.54, 1.807) is 0 Å². The summed E-state index contributed by atoms with van der Waals surface area (Å²) < 4.78 is 0. The highest BCUT2D eigenvalue weighted by molar-refractivity contribution is 7.14. The summed E-state index contributed by atoms with van der Waals surface area (Å²) in [4.78, 5) is 2.80. The van der Waals surface area contributed by atoms with Crippen molar-refractivity contribution in [2.75, 3.05) is 0 Å². The Hall–Kier alpha value is -6.06. The zero-order chi connectivity index (χ0) is 43.5. The molecule has 64 heavy (non-hydrogen) atoms. The summed E-state index contributed by atoms with van der Waals surface area (Å²) in [7, 11) is 0. The number of hydrogen-bond acceptors (Lipinski definition) is 2. The SMILES string of the molecule is CCCCCCc1ccsc1-c1ccc(-c2c(-c3ccccc3)c(-c3ccccc3)c(-c3ccc(-c4sccc4CCCCCC)cc3)c(-c3ccccc3)c2-c2ccccc2)cc1. The van der Waals surface area contributed by atoms with Crippen molar-refractivity contribution >= 4 is 22.7 Å². The van der Waals surface area contributed by atoms with Crippen molar-refractivity contribution in [2.45, 2.75) is 78.1 Å². The van der Waals surface area contributed by atoms with E-state index in [1.807, 2.05) is 22.7 Å². The molecular formula is C62H58S2. The molecular weight excluding hydrogens is 809 g/mol. The van der Waals surface area contributed by atoms with Gasteiger partial charge in [0.2, 0.25) is 0 Å². The van der Waals surface area contributed by atoms with Gasteiger partial charge in [-0.25, -0.2) is 0 Å². The van der Waals surface area contributed by atoms with E-state index in [0.29, 0.717) is 0 Å². The Morgan fingerprint density at radius 3 is 0.812 bits per heavy atom. The molecule has 2 aromatic heterocycles. The van der Waals surface area contributed by atoms with Gasteiger partial charge in [0.1, 0.15) is 0 Å². The number of aryl methyl sites for hydroxylation is 2. The minimum Gasteiger partial charge on any atom is -0.144 e. The van der Waals surface area contributed by atoms with Crippen LogP contribution in [-0.2, 0) is 12.8 Å².